The van der Waals surface area contributed by atoms with Crippen LogP contribution < -0.4 is 0 Å². The molecule has 3 heteroatoms. The van der Waals surface area contributed by atoms with Crippen molar-refractivity contribution in [2.45, 2.75) is 0 Å². The standard InChI is InChI=1S/C4H3Br2Cl/c1-2-3(7)4(5)6/h2H,1H2. The highest BCUT2D eigenvalue weighted by atomic mass is 79.9. The molecule has 7 heavy (non-hydrogen) atoms. The molecule has 0 aromatic carbocycles. The lowest BCUT2D eigenvalue weighted by atomic mass is 10.6. The maximum atomic E-state index is 5.47. The predicted octanol–water partition coefficient (Wildman–Crippen LogP) is 3.37. The quantitative estimate of drug-likeness (QED) is 0.622. The van der Waals surface area contributed by atoms with Crippen molar-refractivity contribution >= 4 is 43.5 Å². The first-order valence-corrected chi connectivity index (χ1v) is 3.48. The van der Waals surface area contributed by atoms with E-state index in [2.05, 4.69) is 38.4 Å². The van der Waals surface area contributed by atoms with Gasteiger partial charge in [0.05, 0.1) is 8.42 Å². The molecule has 0 heterocycles. The zero-order valence-electron chi connectivity index (χ0n) is 3.42. The summed E-state index contributed by atoms with van der Waals surface area (Å²) in [5.74, 6) is 0. The van der Waals surface area contributed by atoms with Crippen molar-refractivity contribution in [3.63, 3.8) is 0 Å². The Morgan fingerprint density at radius 1 is 1.57 bits per heavy atom. The van der Waals surface area contributed by atoms with E-state index in [4.69, 9.17) is 11.6 Å². The summed E-state index contributed by atoms with van der Waals surface area (Å²) in [6, 6.07) is 0. The molecule has 0 atom stereocenters. The second-order valence-corrected chi connectivity index (χ2v) is 3.87. The minimum atomic E-state index is 0.583. The Kier molecular flexibility index (Phi) is 4.08. The molecule has 0 aromatic heterocycles. The molecule has 0 aliphatic heterocycles. The van der Waals surface area contributed by atoms with Gasteiger partial charge in [-0.25, -0.2) is 0 Å². The lowest BCUT2D eigenvalue weighted by Crippen LogP contribution is -1.56. The van der Waals surface area contributed by atoms with Crippen LogP contribution in [-0.2, 0) is 0 Å². The number of halogens is 3. The highest BCUT2D eigenvalue weighted by molar-refractivity contribution is 9.28. The molecule has 0 saturated heterocycles. The molecular weight excluding hydrogens is 243 g/mol. The fourth-order valence-corrected chi connectivity index (χ4v) is 0.401. The summed E-state index contributed by atoms with van der Waals surface area (Å²) in [5, 5.41) is 0.583. The van der Waals surface area contributed by atoms with E-state index in [1.54, 1.807) is 6.08 Å². The summed E-state index contributed by atoms with van der Waals surface area (Å²) in [6.07, 6.45) is 1.54. The third-order valence-corrected chi connectivity index (χ3v) is 2.01. The minimum absolute atomic E-state index is 0.583. The normalized spacial score (nSPS) is 7.86. The maximum absolute atomic E-state index is 5.47. The fourth-order valence-electron chi connectivity index (χ4n) is 0.0772. The SMILES string of the molecule is C=CC(Cl)=C(Br)Br. The number of rotatable bonds is 1. The highest BCUT2D eigenvalue weighted by Gasteiger charge is 1.87. The highest BCUT2D eigenvalue weighted by Crippen LogP contribution is 2.21. The van der Waals surface area contributed by atoms with Crippen LogP contribution in [0.15, 0.2) is 21.1 Å². The third kappa shape index (κ3) is 3.32. The topological polar surface area (TPSA) is 0 Å². The van der Waals surface area contributed by atoms with Crippen LogP contribution in [0.5, 0.6) is 0 Å². The van der Waals surface area contributed by atoms with Crippen LogP contribution in [0.2, 0.25) is 0 Å². The lowest BCUT2D eigenvalue weighted by molar-refractivity contribution is 2.00. The van der Waals surface area contributed by atoms with E-state index in [9.17, 15) is 0 Å². The number of allylic oxidation sites excluding steroid dienone is 2. The van der Waals surface area contributed by atoms with E-state index in [1.165, 1.54) is 0 Å². The molecule has 0 rings (SSSR count). The Labute approximate surface area is 64.5 Å². The average Bonchev–Trinajstić information content (AvgIpc) is 1.65. The van der Waals surface area contributed by atoms with Crippen LogP contribution in [0.3, 0.4) is 0 Å². The molecule has 0 aliphatic rings. The van der Waals surface area contributed by atoms with Crippen LogP contribution in [-0.4, -0.2) is 0 Å². The van der Waals surface area contributed by atoms with Crippen LogP contribution in [0, 0.1) is 0 Å². The summed E-state index contributed by atoms with van der Waals surface area (Å²) in [4.78, 5) is 0. The molecule has 0 nitrogen and oxygen atoms in total. The van der Waals surface area contributed by atoms with E-state index in [0.717, 1.165) is 3.39 Å². The molecule has 0 unspecified atom stereocenters. The second kappa shape index (κ2) is 3.70. The van der Waals surface area contributed by atoms with Gasteiger partial charge in [0.1, 0.15) is 0 Å². The van der Waals surface area contributed by atoms with Gasteiger partial charge >= 0.3 is 0 Å². The summed E-state index contributed by atoms with van der Waals surface area (Å²) >= 11 is 11.7. The van der Waals surface area contributed by atoms with Crippen molar-refractivity contribution in [2.24, 2.45) is 0 Å². The Morgan fingerprint density at radius 2 is 2.00 bits per heavy atom. The van der Waals surface area contributed by atoms with Crippen molar-refractivity contribution in [3.05, 3.63) is 21.1 Å². The summed E-state index contributed by atoms with van der Waals surface area (Å²) in [6.45, 7) is 3.43. The largest absolute Gasteiger partial charge is 0.0975 e. The first-order chi connectivity index (χ1) is 3.18. The lowest BCUT2D eigenvalue weighted by Gasteiger charge is -1.82. The van der Waals surface area contributed by atoms with E-state index in [0.29, 0.717) is 5.03 Å². The van der Waals surface area contributed by atoms with Gasteiger partial charge in [-0.05, 0) is 37.9 Å². The molecule has 0 fully saturated rings. The van der Waals surface area contributed by atoms with Crippen molar-refractivity contribution in [2.75, 3.05) is 0 Å². The van der Waals surface area contributed by atoms with Gasteiger partial charge in [-0.2, -0.15) is 0 Å². The summed E-state index contributed by atoms with van der Waals surface area (Å²) < 4.78 is 0.733. The van der Waals surface area contributed by atoms with Crippen LogP contribution in [0.25, 0.3) is 0 Å². The molecule has 0 radical (unpaired) electrons. The Balaban J connectivity index is 3.98. The maximum Gasteiger partial charge on any atom is 0.0789 e. The Hall–Kier alpha value is 0.730. The van der Waals surface area contributed by atoms with Gasteiger partial charge in [0.25, 0.3) is 0 Å². The predicted molar refractivity (Wildman–Crippen MR) is 40.9 cm³/mol. The Morgan fingerprint density at radius 3 is 2.00 bits per heavy atom. The summed E-state index contributed by atoms with van der Waals surface area (Å²) in [5.41, 5.74) is 0. The molecule has 0 amide bonds. The van der Waals surface area contributed by atoms with Crippen molar-refractivity contribution in [1.82, 2.24) is 0 Å². The first kappa shape index (κ1) is 7.73. The van der Waals surface area contributed by atoms with Gasteiger partial charge in [-0.1, -0.05) is 18.2 Å². The van der Waals surface area contributed by atoms with Crippen LogP contribution >= 0.6 is 43.5 Å². The van der Waals surface area contributed by atoms with Gasteiger partial charge in [-0.3, -0.25) is 0 Å². The summed E-state index contributed by atoms with van der Waals surface area (Å²) in [7, 11) is 0. The molecular formula is C4H3Br2Cl. The van der Waals surface area contributed by atoms with Gasteiger partial charge in [-0.15, -0.1) is 0 Å². The first-order valence-electron chi connectivity index (χ1n) is 1.51. The molecule has 40 valence electrons. The Bertz CT molecular complexity index is 102. The van der Waals surface area contributed by atoms with E-state index < -0.39 is 0 Å². The van der Waals surface area contributed by atoms with Gasteiger partial charge in [0, 0.05) is 0 Å². The van der Waals surface area contributed by atoms with Gasteiger partial charge in [0.15, 0.2) is 0 Å². The van der Waals surface area contributed by atoms with E-state index >= 15 is 0 Å². The zero-order chi connectivity index (χ0) is 5.86. The van der Waals surface area contributed by atoms with Gasteiger partial charge < -0.3 is 0 Å². The van der Waals surface area contributed by atoms with Crippen LogP contribution in [0.1, 0.15) is 0 Å². The van der Waals surface area contributed by atoms with E-state index in [1.807, 2.05) is 0 Å². The number of hydrogen-bond donors (Lipinski definition) is 0. The molecule has 0 N–H and O–H groups in total. The monoisotopic (exact) mass is 244 g/mol. The molecule has 0 aliphatic carbocycles. The second-order valence-electron chi connectivity index (χ2n) is 0.812. The van der Waals surface area contributed by atoms with Crippen molar-refractivity contribution < 1.29 is 0 Å². The molecule has 0 aromatic rings. The van der Waals surface area contributed by atoms with Crippen molar-refractivity contribution in [3.8, 4) is 0 Å². The van der Waals surface area contributed by atoms with Crippen LogP contribution in [0.4, 0.5) is 0 Å². The zero-order valence-corrected chi connectivity index (χ0v) is 7.35. The van der Waals surface area contributed by atoms with Crippen molar-refractivity contribution in [1.29, 1.82) is 0 Å². The molecule has 0 saturated carbocycles. The fraction of sp³-hybridized carbons (Fsp3) is 0. The molecule has 0 bridgehead atoms. The van der Waals surface area contributed by atoms with Gasteiger partial charge in [0.2, 0.25) is 0 Å². The molecule has 0 spiro atoms. The third-order valence-electron chi connectivity index (χ3n) is 0.360. The number of hydrogen-bond acceptors (Lipinski definition) is 0. The minimum Gasteiger partial charge on any atom is -0.0975 e. The average molecular weight is 246 g/mol. The smallest absolute Gasteiger partial charge is 0.0789 e. The van der Waals surface area contributed by atoms with E-state index in [-0.39, 0.29) is 0 Å².